The predicted octanol–water partition coefficient (Wildman–Crippen LogP) is 8.48. The summed E-state index contributed by atoms with van der Waals surface area (Å²) >= 11 is 1.56. The SMILES string of the molecule is Cc1ccc(SN(C)CC(=O)N(CC2CCCCC2)c2ccc(C(=O)OCc3ccccc3)c(OCc3ccccc3)c2)cc1. The molecule has 0 spiro atoms. The van der Waals surface area contributed by atoms with E-state index in [9.17, 15) is 9.59 Å². The number of carbonyl (C=O) groups is 2. The fourth-order valence-corrected chi connectivity index (χ4v) is 6.36. The number of amides is 1. The first-order valence-electron chi connectivity index (χ1n) is 15.7. The van der Waals surface area contributed by atoms with Crippen molar-refractivity contribution in [1.29, 1.82) is 0 Å². The summed E-state index contributed by atoms with van der Waals surface area (Å²) in [4.78, 5) is 30.3. The number of nitrogens with zero attached hydrogens (tertiary/aromatic N) is 2. The van der Waals surface area contributed by atoms with Crippen LogP contribution in [-0.2, 0) is 22.7 Å². The second-order valence-corrected chi connectivity index (χ2v) is 13.0. The zero-order valence-corrected chi connectivity index (χ0v) is 27.0. The van der Waals surface area contributed by atoms with Crippen LogP contribution >= 0.6 is 11.9 Å². The lowest BCUT2D eigenvalue weighted by molar-refractivity contribution is -0.118. The molecule has 4 aromatic rings. The van der Waals surface area contributed by atoms with Crippen molar-refractivity contribution < 1.29 is 19.1 Å². The molecule has 1 aliphatic carbocycles. The second-order valence-electron chi connectivity index (χ2n) is 11.7. The summed E-state index contributed by atoms with van der Waals surface area (Å²) in [5, 5.41) is 0. The zero-order chi connectivity index (χ0) is 31.4. The Morgan fingerprint density at radius 2 is 1.44 bits per heavy atom. The Morgan fingerprint density at radius 1 is 0.800 bits per heavy atom. The largest absolute Gasteiger partial charge is 0.488 e. The molecule has 0 heterocycles. The molecule has 0 N–H and O–H groups in total. The Hall–Kier alpha value is -4.07. The molecule has 0 radical (unpaired) electrons. The van der Waals surface area contributed by atoms with Gasteiger partial charge in [0.25, 0.3) is 0 Å². The van der Waals surface area contributed by atoms with Gasteiger partial charge < -0.3 is 14.4 Å². The number of anilines is 1. The Kier molecular flexibility index (Phi) is 11.7. The fraction of sp³-hybridized carbons (Fsp3) is 0.316. The molecule has 234 valence electrons. The van der Waals surface area contributed by atoms with Crippen LogP contribution in [0.15, 0.2) is 108 Å². The number of esters is 1. The average Bonchev–Trinajstić information content (AvgIpc) is 3.07. The molecule has 1 fully saturated rings. The monoisotopic (exact) mass is 622 g/mol. The van der Waals surface area contributed by atoms with E-state index in [4.69, 9.17) is 9.47 Å². The van der Waals surface area contributed by atoms with Crippen LogP contribution in [0.25, 0.3) is 0 Å². The first-order valence-corrected chi connectivity index (χ1v) is 16.5. The summed E-state index contributed by atoms with van der Waals surface area (Å²) < 4.78 is 13.9. The summed E-state index contributed by atoms with van der Waals surface area (Å²) in [5.74, 6) is 0.379. The summed E-state index contributed by atoms with van der Waals surface area (Å²) in [7, 11) is 1.95. The molecule has 0 saturated heterocycles. The van der Waals surface area contributed by atoms with Gasteiger partial charge in [0.1, 0.15) is 24.5 Å². The van der Waals surface area contributed by atoms with Gasteiger partial charge in [-0.2, -0.15) is 0 Å². The topological polar surface area (TPSA) is 59.1 Å². The molecule has 1 saturated carbocycles. The highest BCUT2D eigenvalue weighted by Crippen LogP contribution is 2.32. The highest BCUT2D eigenvalue weighted by Gasteiger charge is 2.25. The number of hydrogen-bond acceptors (Lipinski definition) is 6. The molecule has 0 aliphatic heterocycles. The van der Waals surface area contributed by atoms with Crippen LogP contribution in [-0.4, -0.2) is 36.3 Å². The molecule has 1 amide bonds. The van der Waals surface area contributed by atoms with Crippen molar-refractivity contribution in [3.05, 3.63) is 125 Å². The van der Waals surface area contributed by atoms with Gasteiger partial charge in [-0.15, -0.1) is 0 Å². The molecule has 0 bridgehead atoms. The fourth-order valence-electron chi connectivity index (χ4n) is 5.57. The molecule has 4 aromatic carbocycles. The van der Waals surface area contributed by atoms with Gasteiger partial charge in [-0.05, 0) is 80.1 Å². The Morgan fingerprint density at radius 3 is 2.11 bits per heavy atom. The molecule has 7 heteroatoms. The van der Waals surface area contributed by atoms with Gasteiger partial charge in [0.15, 0.2) is 0 Å². The van der Waals surface area contributed by atoms with Crippen molar-refractivity contribution in [2.45, 2.75) is 57.1 Å². The van der Waals surface area contributed by atoms with Crippen LogP contribution in [0.2, 0.25) is 0 Å². The van der Waals surface area contributed by atoms with Gasteiger partial charge in [0.05, 0.1) is 6.54 Å². The summed E-state index contributed by atoms with van der Waals surface area (Å²) in [6, 6.07) is 33.2. The molecular weight excluding hydrogens is 580 g/mol. The summed E-state index contributed by atoms with van der Waals surface area (Å²) in [6.45, 7) is 3.40. The van der Waals surface area contributed by atoms with Crippen LogP contribution in [0, 0.1) is 12.8 Å². The molecule has 0 unspecified atom stereocenters. The number of ether oxygens (including phenoxy) is 2. The smallest absolute Gasteiger partial charge is 0.342 e. The third-order valence-corrected chi connectivity index (χ3v) is 8.98. The van der Waals surface area contributed by atoms with Crippen molar-refractivity contribution in [2.75, 3.05) is 25.0 Å². The number of rotatable bonds is 13. The number of benzene rings is 4. The molecule has 6 nitrogen and oxygen atoms in total. The van der Waals surface area contributed by atoms with Crippen molar-refractivity contribution in [1.82, 2.24) is 4.31 Å². The lowest BCUT2D eigenvalue weighted by Gasteiger charge is -2.31. The minimum atomic E-state index is -0.465. The Bertz CT molecular complexity index is 1520. The number of hydrogen-bond donors (Lipinski definition) is 0. The third kappa shape index (κ3) is 9.71. The van der Waals surface area contributed by atoms with Crippen LogP contribution in [0.1, 0.15) is 59.2 Å². The number of carbonyl (C=O) groups excluding carboxylic acids is 2. The van der Waals surface area contributed by atoms with Crippen molar-refractivity contribution in [2.24, 2.45) is 5.92 Å². The molecular formula is C38H42N2O4S. The van der Waals surface area contributed by atoms with Crippen molar-refractivity contribution in [3.63, 3.8) is 0 Å². The van der Waals surface area contributed by atoms with Crippen molar-refractivity contribution >= 4 is 29.5 Å². The maximum atomic E-state index is 14.0. The van der Waals surface area contributed by atoms with E-state index in [2.05, 4.69) is 31.2 Å². The summed E-state index contributed by atoms with van der Waals surface area (Å²) in [6.07, 6.45) is 5.84. The molecule has 0 atom stereocenters. The quantitative estimate of drug-likeness (QED) is 0.110. The maximum Gasteiger partial charge on any atom is 0.342 e. The minimum absolute atomic E-state index is 0.0103. The van der Waals surface area contributed by atoms with Gasteiger partial charge >= 0.3 is 5.97 Å². The molecule has 1 aliphatic rings. The highest BCUT2D eigenvalue weighted by atomic mass is 32.2. The van der Waals surface area contributed by atoms with Crippen LogP contribution < -0.4 is 9.64 Å². The number of aryl methyl sites for hydroxylation is 1. The van der Waals surface area contributed by atoms with Gasteiger partial charge in [0, 0.05) is 23.2 Å². The van der Waals surface area contributed by atoms with Gasteiger partial charge in [0.2, 0.25) is 5.91 Å². The summed E-state index contributed by atoms with van der Waals surface area (Å²) in [5.41, 5.74) is 4.15. The van der Waals surface area contributed by atoms with Crippen LogP contribution in [0.4, 0.5) is 5.69 Å². The van der Waals surface area contributed by atoms with E-state index < -0.39 is 5.97 Å². The Labute approximate surface area is 271 Å². The Balaban J connectivity index is 1.39. The van der Waals surface area contributed by atoms with E-state index in [0.717, 1.165) is 34.6 Å². The predicted molar refractivity (Wildman–Crippen MR) is 181 cm³/mol. The van der Waals surface area contributed by atoms with Gasteiger partial charge in [-0.1, -0.05) is 97.6 Å². The van der Waals surface area contributed by atoms with E-state index in [0.29, 0.717) is 23.8 Å². The van der Waals surface area contributed by atoms with Crippen molar-refractivity contribution in [3.8, 4) is 5.75 Å². The van der Waals surface area contributed by atoms with E-state index in [-0.39, 0.29) is 25.7 Å². The van der Waals surface area contributed by atoms with E-state index in [1.165, 1.54) is 24.8 Å². The lowest BCUT2D eigenvalue weighted by Crippen LogP contribution is -2.40. The van der Waals surface area contributed by atoms with Crippen LogP contribution in [0.3, 0.4) is 0 Å². The van der Waals surface area contributed by atoms with Gasteiger partial charge in [-0.25, -0.2) is 9.10 Å². The molecule has 45 heavy (non-hydrogen) atoms. The van der Waals surface area contributed by atoms with E-state index in [1.54, 1.807) is 18.0 Å². The minimum Gasteiger partial charge on any atom is -0.488 e. The van der Waals surface area contributed by atoms with E-state index >= 15 is 0 Å². The second kappa shape index (κ2) is 16.3. The number of likely N-dealkylation sites (N-methyl/N-ethyl adjacent to an activating group) is 1. The van der Waals surface area contributed by atoms with Gasteiger partial charge in [-0.3, -0.25) is 4.79 Å². The zero-order valence-electron chi connectivity index (χ0n) is 26.2. The standard InChI is InChI=1S/C38H42N2O4S/c1-29-18-21-34(22-19-29)45-39(2)26-37(41)40(25-30-12-6-3-7-13-30)33-20-23-35(38(42)44-28-32-16-10-5-11-17-32)36(24-33)43-27-31-14-8-4-9-15-31/h4-5,8-11,14-24,30H,3,6-7,12-13,25-28H2,1-2H3. The maximum absolute atomic E-state index is 14.0. The third-order valence-electron chi connectivity index (χ3n) is 8.05. The average molecular weight is 623 g/mol. The molecule has 0 aromatic heterocycles. The highest BCUT2D eigenvalue weighted by molar-refractivity contribution is 7.97. The van der Waals surface area contributed by atoms with Crippen LogP contribution in [0.5, 0.6) is 5.75 Å². The van der Waals surface area contributed by atoms with E-state index in [1.807, 2.05) is 89.0 Å². The normalized spacial score (nSPS) is 13.4. The first kappa shape index (κ1) is 32.3. The lowest BCUT2D eigenvalue weighted by atomic mass is 9.89. The molecule has 5 rings (SSSR count). The first-order chi connectivity index (χ1) is 21.9.